The summed E-state index contributed by atoms with van der Waals surface area (Å²) in [6.45, 7) is 6.51. The normalized spacial score (nSPS) is 12.5. The molecule has 0 saturated carbocycles. The monoisotopic (exact) mass is 1070 g/mol. The average Bonchev–Trinajstić information content (AvgIpc) is 3.43. The van der Waals surface area contributed by atoms with Gasteiger partial charge in [0.15, 0.2) is 6.10 Å². The molecule has 0 fully saturated rings. The maximum atomic E-state index is 12.9. The first kappa shape index (κ1) is 73.8. The number of ether oxygens (including phenoxy) is 3. The molecule has 0 amide bonds. The summed E-state index contributed by atoms with van der Waals surface area (Å²) in [7, 11) is 0. The first-order chi connectivity index (χ1) is 38.0. The minimum absolute atomic E-state index is 0.0978. The highest BCUT2D eigenvalue weighted by Crippen LogP contribution is 2.18. The highest BCUT2D eigenvalue weighted by atomic mass is 16.6. The van der Waals surface area contributed by atoms with E-state index in [0.717, 1.165) is 83.5 Å². The zero-order valence-electron chi connectivity index (χ0n) is 51.2. The first-order valence-electron chi connectivity index (χ1n) is 33.4. The molecule has 1 unspecified atom stereocenters. The summed E-state index contributed by atoms with van der Waals surface area (Å²) >= 11 is 0. The number of esters is 3. The maximum absolute atomic E-state index is 12.9. The molecule has 0 N–H and O–H groups in total. The van der Waals surface area contributed by atoms with E-state index in [1.807, 2.05) is 0 Å². The van der Waals surface area contributed by atoms with Gasteiger partial charge in [0.25, 0.3) is 0 Å². The topological polar surface area (TPSA) is 78.9 Å². The van der Waals surface area contributed by atoms with Crippen molar-refractivity contribution in [2.45, 2.75) is 348 Å². The molecule has 0 aromatic carbocycles. The molecule has 0 saturated heterocycles. The summed E-state index contributed by atoms with van der Waals surface area (Å²) in [5.74, 6) is -0.950. The van der Waals surface area contributed by atoms with Crippen LogP contribution in [-0.4, -0.2) is 37.2 Å². The second-order valence-corrected chi connectivity index (χ2v) is 22.4. The SMILES string of the molecule is CC/C=C\C/C=C\C/C=C\C/C=C\C/C=C\CCCC(=O)OC(COC(=O)CCCCCCC/C=C\CCCCCCC)COC(=O)CCCCCCCCCCCCCCCCCCCCCCCCCCCCCC. The lowest BCUT2D eigenvalue weighted by Gasteiger charge is -2.18. The van der Waals surface area contributed by atoms with Crippen molar-refractivity contribution in [1.82, 2.24) is 0 Å². The molecular weight excluding hydrogens is 949 g/mol. The lowest BCUT2D eigenvalue weighted by Crippen LogP contribution is -2.30. The average molecular weight is 1080 g/mol. The molecule has 0 bridgehead atoms. The van der Waals surface area contributed by atoms with Crippen LogP contribution in [-0.2, 0) is 28.6 Å². The van der Waals surface area contributed by atoms with Gasteiger partial charge in [-0.05, 0) is 83.5 Å². The predicted molar refractivity (Wildman–Crippen MR) is 335 cm³/mol. The number of carbonyl (C=O) groups excluding carboxylic acids is 3. The Bertz CT molecular complexity index is 1420. The third-order valence-electron chi connectivity index (χ3n) is 14.7. The van der Waals surface area contributed by atoms with E-state index in [9.17, 15) is 14.4 Å². The third-order valence-corrected chi connectivity index (χ3v) is 14.7. The largest absolute Gasteiger partial charge is 0.462 e. The minimum Gasteiger partial charge on any atom is -0.462 e. The Morgan fingerprint density at radius 2 is 0.519 bits per heavy atom. The van der Waals surface area contributed by atoms with Crippen LogP contribution in [0.2, 0.25) is 0 Å². The molecule has 0 rings (SSSR count). The predicted octanol–water partition coefficient (Wildman–Crippen LogP) is 22.9. The summed E-state index contributed by atoms with van der Waals surface area (Å²) < 4.78 is 16.9. The Balaban J connectivity index is 4.27. The summed E-state index contributed by atoms with van der Waals surface area (Å²) in [5.41, 5.74) is 0. The molecule has 0 spiro atoms. The smallest absolute Gasteiger partial charge is 0.306 e. The second kappa shape index (κ2) is 65.4. The Morgan fingerprint density at radius 3 is 0.844 bits per heavy atom. The zero-order chi connectivity index (χ0) is 55.7. The summed E-state index contributed by atoms with van der Waals surface area (Å²) in [6, 6.07) is 0. The minimum atomic E-state index is -0.808. The van der Waals surface area contributed by atoms with E-state index < -0.39 is 6.10 Å². The van der Waals surface area contributed by atoms with Gasteiger partial charge in [0, 0.05) is 19.3 Å². The van der Waals surface area contributed by atoms with E-state index in [1.54, 1.807) is 0 Å². The van der Waals surface area contributed by atoms with Crippen molar-refractivity contribution in [3.63, 3.8) is 0 Å². The summed E-state index contributed by atoms with van der Waals surface area (Å²) in [6.07, 6.45) is 85.1. The van der Waals surface area contributed by atoms with Crippen molar-refractivity contribution >= 4 is 17.9 Å². The lowest BCUT2D eigenvalue weighted by molar-refractivity contribution is -0.167. The Kier molecular flexibility index (Phi) is 62.7. The van der Waals surface area contributed by atoms with Gasteiger partial charge in [0.1, 0.15) is 13.2 Å². The van der Waals surface area contributed by atoms with Crippen LogP contribution in [0.4, 0.5) is 0 Å². The van der Waals surface area contributed by atoms with E-state index in [1.165, 1.54) is 212 Å². The number of hydrogen-bond acceptors (Lipinski definition) is 6. The molecule has 77 heavy (non-hydrogen) atoms. The van der Waals surface area contributed by atoms with E-state index in [2.05, 4.69) is 93.7 Å². The molecule has 0 aromatic rings. The Hall–Kier alpha value is -3.15. The number of allylic oxidation sites excluding steroid dienone is 12. The molecule has 0 aromatic heterocycles. The van der Waals surface area contributed by atoms with Crippen LogP contribution < -0.4 is 0 Å². The van der Waals surface area contributed by atoms with Gasteiger partial charge in [-0.25, -0.2) is 0 Å². The molecule has 6 heteroatoms. The molecule has 1 atom stereocenters. The fourth-order valence-electron chi connectivity index (χ4n) is 9.71. The van der Waals surface area contributed by atoms with Gasteiger partial charge in [-0.3, -0.25) is 14.4 Å². The van der Waals surface area contributed by atoms with Gasteiger partial charge < -0.3 is 14.2 Å². The summed E-state index contributed by atoms with van der Waals surface area (Å²) in [5, 5.41) is 0. The van der Waals surface area contributed by atoms with Crippen molar-refractivity contribution < 1.29 is 28.6 Å². The van der Waals surface area contributed by atoms with Crippen molar-refractivity contribution in [3.05, 3.63) is 72.9 Å². The molecule has 0 heterocycles. The molecule has 0 aliphatic heterocycles. The van der Waals surface area contributed by atoms with Crippen molar-refractivity contribution in [1.29, 1.82) is 0 Å². The van der Waals surface area contributed by atoms with Crippen LogP contribution in [0.3, 0.4) is 0 Å². The highest BCUT2D eigenvalue weighted by molar-refractivity contribution is 5.71. The number of rotatable bonds is 61. The quantitative estimate of drug-likeness (QED) is 0.0261. The standard InChI is InChI=1S/C71H126O6/c1-4-7-10-13-16-19-22-25-28-30-31-32-33-34-35-36-37-38-39-40-42-43-46-49-52-55-58-61-64-70(73)76-67-68(66-75-69(72)63-60-57-54-51-48-45-27-24-21-18-15-12-9-6-3)77-71(74)65-62-59-56-53-50-47-44-41-29-26-23-20-17-14-11-8-5-2/h8,11,17,20,24,26-27,29,44,47,53,56,68H,4-7,9-10,12-16,18-19,21-23,25,28,30-43,45-46,48-52,54-55,57-67H2,1-3H3/b11-8-,20-17-,27-24-,29-26-,47-44-,56-53-. The van der Waals surface area contributed by atoms with Crippen LogP contribution in [0, 0.1) is 0 Å². The molecule has 0 aliphatic rings. The van der Waals surface area contributed by atoms with Crippen molar-refractivity contribution in [3.8, 4) is 0 Å². The molecule has 446 valence electrons. The van der Waals surface area contributed by atoms with Gasteiger partial charge in [-0.2, -0.15) is 0 Å². The van der Waals surface area contributed by atoms with E-state index >= 15 is 0 Å². The van der Waals surface area contributed by atoms with Crippen LogP contribution in [0.25, 0.3) is 0 Å². The highest BCUT2D eigenvalue weighted by Gasteiger charge is 2.19. The molecular formula is C71H126O6. The first-order valence-corrected chi connectivity index (χ1v) is 33.4. The van der Waals surface area contributed by atoms with Gasteiger partial charge >= 0.3 is 17.9 Å². The van der Waals surface area contributed by atoms with E-state index in [4.69, 9.17) is 14.2 Å². The van der Waals surface area contributed by atoms with Gasteiger partial charge in [-0.1, -0.05) is 312 Å². The number of unbranched alkanes of at least 4 members (excludes halogenated alkanes) is 38. The van der Waals surface area contributed by atoms with Crippen LogP contribution >= 0.6 is 0 Å². The Morgan fingerprint density at radius 1 is 0.273 bits per heavy atom. The molecule has 6 nitrogen and oxygen atoms in total. The van der Waals surface area contributed by atoms with E-state index in [-0.39, 0.29) is 37.5 Å². The fraction of sp³-hybridized carbons (Fsp3) is 0.789. The lowest BCUT2D eigenvalue weighted by atomic mass is 10.0. The summed E-state index contributed by atoms with van der Waals surface area (Å²) in [4.78, 5) is 38.3. The van der Waals surface area contributed by atoms with Gasteiger partial charge in [0.05, 0.1) is 0 Å². The zero-order valence-corrected chi connectivity index (χ0v) is 51.2. The van der Waals surface area contributed by atoms with Gasteiger partial charge in [-0.15, -0.1) is 0 Å². The van der Waals surface area contributed by atoms with Crippen LogP contribution in [0.1, 0.15) is 342 Å². The fourth-order valence-corrected chi connectivity index (χ4v) is 9.71. The molecule has 0 aliphatic carbocycles. The van der Waals surface area contributed by atoms with Crippen molar-refractivity contribution in [2.24, 2.45) is 0 Å². The number of carbonyl (C=O) groups is 3. The third kappa shape index (κ3) is 63.6. The Labute approximate surface area is 478 Å². The second-order valence-electron chi connectivity index (χ2n) is 22.4. The van der Waals surface area contributed by atoms with E-state index in [0.29, 0.717) is 19.3 Å². The van der Waals surface area contributed by atoms with Crippen LogP contribution in [0.5, 0.6) is 0 Å². The molecule has 0 radical (unpaired) electrons. The number of hydrogen-bond donors (Lipinski definition) is 0. The van der Waals surface area contributed by atoms with Gasteiger partial charge in [0.2, 0.25) is 0 Å². The van der Waals surface area contributed by atoms with Crippen LogP contribution in [0.15, 0.2) is 72.9 Å². The van der Waals surface area contributed by atoms with Crippen molar-refractivity contribution in [2.75, 3.05) is 13.2 Å². The maximum Gasteiger partial charge on any atom is 0.306 e.